The zero-order valence-electron chi connectivity index (χ0n) is 12.8. The van der Waals surface area contributed by atoms with E-state index in [1.54, 1.807) is 6.07 Å². The van der Waals surface area contributed by atoms with Crippen LogP contribution in [0, 0.1) is 11.3 Å². The first-order chi connectivity index (χ1) is 11.6. The smallest absolute Gasteiger partial charge is 0.227 e. The minimum absolute atomic E-state index is 0.128. The Bertz CT molecular complexity index is 987. The Labute approximate surface area is 141 Å². The van der Waals surface area contributed by atoms with Gasteiger partial charge < -0.3 is 0 Å². The topological polar surface area (TPSA) is 102 Å². The van der Waals surface area contributed by atoms with Gasteiger partial charge in [0.2, 0.25) is 10.0 Å². The number of rotatable bonds is 2. The van der Waals surface area contributed by atoms with Gasteiger partial charge in [-0.1, -0.05) is 0 Å². The molecule has 1 aromatic heterocycles. The van der Waals surface area contributed by atoms with Crippen molar-refractivity contribution in [3.63, 3.8) is 0 Å². The van der Waals surface area contributed by atoms with Crippen LogP contribution in [0.5, 0.6) is 0 Å². The Kier molecular flexibility index (Phi) is 4.09. The van der Waals surface area contributed by atoms with Gasteiger partial charge in [0.25, 0.3) is 0 Å². The van der Waals surface area contributed by atoms with E-state index in [1.165, 1.54) is 0 Å². The summed E-state index contributed by atoms with van der Waals surface area (Å²) in [5.74, 6) is 0. The zero-order valence-corrected chi connectivity index (χ0v) is 13.7. The minimum atomic E-state index is -4.65. The van der Waals surface area contributed by atoms with Gasteiger partial charge in [-0.2, -0.15) is 23.5 Å². The van der Waals surface area contributed by atoms with E-state index < -0.39 is 21.9 Å². The summed E-state index contributed by atoms with van der Waals surface area (Å²) in [6.45, 7) is 0. The normalized spacial score (nSPS) is 14.8. The third-order valence-electron chi connectivity index (χ3n) is 4.07. The monoisotopic (exact) mass is 370 g/mol. The number of alkyl halides is 3. The van der Waals surface area contributed by atoms with E-state index in [0.29, 0.717) is 23.2 Å². The predicted molar refractivity (Wildman–Crippen MR) is 81.3 cm³/mol. The van der Waals surface area contributed by atoms with E-state index in [-0.39, 0.29) is 28.1 Å². The van der Waals surface area contributed by atoms with Gasteiger partial charge in [-0.15, -0.1) is 0 Å². The standard InChI is InChI=1S/C15H13F3N4O2S/c16-15(17,18)14-11-3-1-2-4-12(11)21-22(14)13-6-5-10(25(20,23)24)7-9(13)8-19/h5-7H,1-4H2,(H2,20,23,24). The van der Waals surface area contributed by atoms with Gasteiger partial charge in [0.1, 0.15) is 6.07 Å². The maximum Gasteiger partial charge on any atom is 0.433 e. The molecule has 1 aliphatic carbocycles. The molecule has 1 aromatic carbocycles. The van der Waals surface area contributed by atoms with Crippen molar-refractivity contribution >= 4 is 10.0 Å². The summed E-state index contributed by atoms with van der Waals surface area (Å²) in [5.41, 5.74) is -0.799. The van der Waals surface area contributed by atoms with Crippen LogP contribution in [0.15, 0.2) is 23.1 Å². The molecule has 0 radical (unpaired) electrons. The highest BCUT2D eigenvalue weighted by Crippen LogP contribution is 2.38. The number of nitrogens with zero attached hydrogens (tertiary/aromatic N) is 3. The quantitative estimate of drug-likeness (QED) is 0.876. The summed E-state index contributed by atoms with van der Waals surface area (Å²) in [6, 6.07) is 4.85. The molecule has 132 valence electrons. The van der Waals surface area contributed by atoms with Crippen LogP contribution >= 0.6 is 0 Å². The molecule has 6 nitrogen and oxygen atoms in total. The molecule has 1 heterocycles. The number of halogens is 3. The van der Waals surface area contributed by atoms with Crippen molar-refractivity contribution in [3.05, 3.63) is 40.7 Å². The summed E-state index contributed by atoms with van der Waals surface area (Å²) >= 11 is 0. The van der Waals surface area contributed by atoms with Crippen LogP contribution in [0.25, 0.3) is 5.69 Å². The molecule has 3 rings (SSSR count). The fourth-order valence-corrected chi connectivity index (χ4v) is 3.53. The maximum absolute atomic E-state index is 13.6. The SMILES string of the molecule is N#Cc1cc(S(N)(=O)=O)ccc1-n1nc2c(c1C(F)(F)F)CCCC2. The molecule has 2 N–H and O–H groups in total. The van der Waals surface area contributed by atoms with E-state index in [0.717, 1.165) is 24.6 Å². The number of sulfonamides is 1. The van der Waals surface area contributed by atoms with Crippen LogP contribution in [0.3, 0.4) is 0 Å². The minimum Gasteiger partial charge on any atom is -0.227 e. The molecular formula is C15H13F3N4O2S. The van der Waals surface area contributed by atoms with E-state index in [2.05, 4.69) is 5.10 Å². The van der Waals surface area contributed by atoms with Gasteiger partial charge in [0.15, 0.2) is 5.69 Å². The number of benzene rings is 1. The molecule has 0 saturated heterocycles. The number of hydrogen-bond donors (Lipinski definition) is 1. The highest BCUT2D eigenvalue weighted by molar-refractivity contribution is 7.89. The Morgan fingerprint density at radius 3 is 2.52 bits per heavy atom. The second kappa shape index (κ2) is 5.86. The molecule has 0 atom stereocenters. The molecule has 0 bridgehead atoms. The second-order valence-corrected chi connectivity index (χ2v) is 7.29. The Morgan fingerprint density at radius 1 is 1.24 bits per heavy atom. The molecule has 0 aliphatic heterocycles. The molecular weight excluding hydrogens is 357 g/mol. The van der Waals surface area contributed by atoms with Crippen molar-refractivity contribution < 1.29 is 21.6 Å². The van der Waals surface area contributed by atoms with E-state index in [9.17, 15) is 26.9 Å². The van der Waals surface area contributed by atoms with Crippen LogP contribution < -0.4 is 5.14 Å². The lowest BCUT2D eigenvalue weighted by atomic mass is 9.95. The summed E-state index contributed by atoms with van der Waals surface area (Å²) in [4.78, 5) is -0.349. The molecule has 0 fully saturated rings. The Hall–Kier alpha value is -2.38. The van der Waals surface area contributed by atoms with Crippen LogP contribution in [-0.4, -0.2) is 18.2 Å². The van der Waals surface area contributed by atoms with Crippen molar-refractivity contribution in [2.75, 3.05) is 0 Å². The maximum atomic E-state index is 13.6. The fourth-order valence-electron chi connectivity index (χ4n) is 2.99. The molecule has 0 unspecified atom stereocenters. The zero-order chi connectivity index (χ0) is 18.4. The first-order valence-corrected chi connectivity index (χ1v) is 8.93. The molecule has 0 amide bonds. The van der Waals surface area contributed by atoms with Crippen LogP contribution in [-0.2, 0) is 29.0 Å². The van der Waals surface area contributed by atoms with Crippen LogP contribution in [0.2, 0.25) is 0 Å². The second-order valence-electron chi connectivity index (χ2n) is 5.73. The third kappa shape index (κ3) is 3.12. The van der Waals surface area contributed by atoms with E-state index in [4.69, 9.17) is 5.14 Å². The van der Waals surface area contributed by atoms with Gasteiger partial charge in [0.05, 0.1) is 21.8 Å². The average molecular weight is 370 g/mol. The van der Waals surface area contributed by atoms with Gasteiger partial charge in [0, 0.05) is 5.56 Å². The Balaban J connectivity index is 2.27. The molecule has 10 heteroatoms. The lowest BCUT2D eigenvalue weighted by Gasteiger charge is -2.15. The summed E-state index contributed by atoms with van der Waals surface area (Å²) in [6.07, 6.45) is -2.57. The number of nitrogens with two attached hydrogens (primary N) is 1. The highest BCUT2D eigenvalue weighted by atomic mass is 32.2. The van der Waals surface area contributed by atoms with Crippen molar-refractivity contribution in [1.29, 1.82) is 5.26 Å². The average Bonchev–Trinajstić information content (AvgIpc) is 2.92. The van der Waals surface area contributed by atoms with Crippen molar-refractivity contribution in [2.24, 2.45) is 5.14 Å². The number of fused-ring (bicyclic) bond motifs is 1. The van der Waals surface area contributed by atoms with Gasteiger partial charge in [-0.25, -0.2) is 18.2 Å². The first-order valence-electron chi connectivity index (χ1n) is 7.38. The van der Waals surface area contributed by atoms with E-state index in [1.807, 2.05) is 0 Å². The molecule has 1 aliphatic rings. The molecule has 0 spiro atoms. The number of primary sulfonamides is 1. The number of nitriles is 1. The van der Waals surface area contributed by atoms with Crippen LogP contribution in [0.1, 0.15) is 35.4 Å². The van der Waals surface area contributed by atoms with Gasteiger partial charge >= 0.3 is 6.18 Å². The molecule has 0 saturated carbocycles. The number of hydrogen-bond acceptors (Lipinski definition) is 4. The summed E-state index contributed by atoms with van der Waals surface area (Å²) < 4.78 is 64.3. The Morgan fingerprint density at radius 2 is 1.92 bits per heavy atom. The number of aromatic nitrogens is 2. The largest absolute Gasteiger partial charge is 0.433 e. The fraction of sp³-hybridized carbons (Fsp3) is 0.333. The third-order valence-corrected chi connectivity index (χ3v) is 4.98. The first kappa shape index (κ1) is 17.4. The van der Waals surface area contributed by atoms with Crippen molar-refractivity contribution in [3.8, 4) is 11.8 Å². The lowest BCUT2D eigenvalue weighted by molar-refractivity contribution is -0.143. The lowest BCUT2D eigenvalue weighted by Crippen LogP contribution is -2.17. The number of aryl methyl sites for hydroxylation is 1. The molecule has 2 aromatic rings. The van der Waals surface area contributed by atoms with Crippen molar-refractivity contribution in [1.82, 2.24) is 9.78 Å². The van der Waals surface area contributed by atoms with Gasteiger partial charge in [-0.3, -0.25) is 0 Å². The van der Waals surface area contributed by atoms with Crippen LogP contribution in [0.4, 0.5) is 13.2 Å². The highest BCUT2D eigenvalue weighted by Gasteiger charge is 2.41. The molecule has 25 heavy (non-hydrogen) atoms. The predicted octanol–water partition coefficient (Wildman–Crippen LogP) is 2.29. The van der Waals surface area contributed by atoms with Crippen molar-refractivity contribution in [2.45, 2.75) is 36.8 Å². The van der Waals surface area contributed by atoms with Gasteiger partial charge in [-0.05, 0) is 43.9 Å². The summed E-state index contributed by atoms with van der Waals surface area (Å²) in [5, 5.41) is 18.3. The van der Waals surface area contributed by atoms with E-state index >= 15 is 0 Å². The summed E-state index contributed by atoms with van der Waals surface area (Å²) in [7, 11) is -4.08.